The average molecular weight is 277 g/mol. The molecular weight excluding hydrogens is 262 g/mol. The van der Waals surface area contributed by atoms with Crippen LogP contribution in [-0.2, 0) is 0 Å². The molecule has 1 aliphatic rings. The van der Waals surface area contributed by atoms with E-state index in [0.717, 1.165) is 17.5 Å². The number of azide groups is 1. The van der Waals surface area contributed by atoms with E-state index in [1.54, 1.807) is 0 Å². The highest BCUT2D eigenvalue weighted by Crippen LogP contribution is 2.50. The summed E-state index contributed by atoms with van der Waals surface area (Å²) in [6, 6.07) is 18.7. The maximum atomic E-state index is 12.4. The van der Waals surface area contributed by atoms with Gasteiger partial charge in [-0.3, -0.25) is 4.79 Å². The molecule has 3 atom stereocenters. The number of hydrogen-bond acceptors (Lipinski definition) is 2. The Labute approximate surface area is 123 Å². The van der Waals surface area contributed by atoms with E-state index in [-0.39, 0.29) is 23.7 Å². The standard InChI is InChI=1S/C17H15N3O/c18-20-19-16(12-7-3-1-4-8-12)14-11-15(14)17(21)13-9-5-2-6-10-13/h1-10,14-16H,11H2/t14-,15-,16-/m1/s1. The molecule has 0 bridgehead atoms. The first kappa shape index (κ1) is 13.4. The van der Waals surface area contributed by atoms with E-state index in [0.29, 0.717) is 0 Å². The minimum Gasteiger partial charge on any atom is -0.294 e. The molecule has 0 aliphatic heterocycles. The Bertz CT molecular complexity index is 678. The Kier molecular flexibility index (Phi) is 3.71. The number of rotatable bonds is 5. The fourth-order valence-corrected chi connectivity index (χ4v) is 2.79. The van der Waals surface area contributed by atoms with Crippen LogP contribution in [-0.4, -0.2) is 5.78 Å². The van der Waals surface area contributed by atoms with Crippen molar-refractivity contribution in [3.8, 4) is 0 Å². The molecule has 0 saturated heterocycles. The molecule has 1 aliphatic carbocycles. The van der Waals surface area contributed by atoms with Crippen molar-refractivity contribution < 1.29 is 4.79 Å². The lowest BCUT2D eigenvalue weighted by atomic mass is 9.99. The molecule has 0 radical (unpaired) electrons. The van der Waals surface area contributed by atoms with E-state index in [9.17, 15) is 4.79 Å². The van der Waals surface area contributed by atoms with Crippen molar-refractivity contribution in [3.63, 3.8) is 0 Å². The molecule has 0 unspecified atom stereocenters. The maximum absolute atomic E-state index is 12.4. The summed E-state index contributed by atoms with van der Waals surface area (Å²) in [5.41, 5.74) is 10.5. The van der Waals surface area contributed by atoms with Crippen molar-refractivity contribution in [3.05, 3.63) is 82.2 Å². The fraction of sp³-hybridized carbons (Fsp3) is 0.235. The largest absolute Gasteiger partial charge is 0.294 e. The molecule has 2 aromatic carbocycles. The Balaban J connectivity index is 1.79. The SMILES string of the molecule is [N-]=[N+]=N[C@H](c1ccccc1)[C@@H]1C[C@H]1C(=O)c1ccccc1. The minimum absolute atomic E-state index is 0.0388. The van der Waals surface area contributed by atoms with Crippen LogP contribution in [0.15, 0.2) is 65.8 Å². The Hall–Kier alpha value is -2.58. The predicted molar refractivity (Wildman–Crippen MR) is 80.7 cm³/mol. The maximum Gasteiger partial charge on any atom is 0.166 e. The molecular formula is C17H15N3O. The first-order valence-corrected chi connectivity index (χ1v) is 6.99. The van der Waals surface area contributed by atoms with Gasteiger partial charge in [-0.25, -0.2) is 0 Å². The summed E-state index contributed by atoms with van der Waals surface area (Å²) in [5, 5.41) is 3.91. The van der Waals surface area contributed by atoms with E-state index in [1.807, 2.05) is 60.7 Å². The van der Waals surface area contributed by atoms with Crippen molar-refractivity contribution >= 4 is 5.78 Å². The molecule has 0 amide bonds. The van der Waals surface area contributed by atoms with Crippen LogP contribution in [0.2, 0.25) is 0 Å². The molecule has 0 heterocycles. The van der Waals surface area contributed by atoms with E-state index in [2.05, 4.69) is 10.0 Å². The van der Waals surface area contributed by atoms with Crippen LogP contribution >= 0.6 is 0 Å². The molecule has 4 nitrogen and oxygen atoms in total. The lowest BCUT2D eigenvalue weighted by molar-refractivity contribution is 0.0959. The first-order valence-electron chi connectivity index (χ1n) is 6.99. The second-order valence-corrected chi connectivity index (χ2v) is 5.30. The minimum atomic E-state index is -0.256. The smallest absolute Gasteiger partial charge is 0.166 e. The number of carbonyl (C=O) groups is 1. The summed E-state index contributed by atoms with van der Waals surface area (Å²) in [4.78, 5) is 15.4. The van der Waals surface area contributed by atoms with Gasteiger partial charge < -0.3 is 0 Å². The van der Waals surface area contributed by atoms with Crippen LogP contribution in [0.4, 0.5) is 0 Å². The highest BCUT2D eigenvalue weighted by atomic mass is 16.1. The van der Waals surface area contributed by atoms with Gasteiger partial charge in [0, 0.05) is 16.4 Å². The third-order valence-corrected chi connectivity index (χ3v) is 3.96. The van der Waals surface area contributed by atoms with Crippen LogP contribution in [0.3, 0.4) is 0 Å². The summed E-state index contributed by atoms with van der Waals surface area (Å²) >= 11 is 0. The molecule has 2 aromatic rings. The zero-order valence-electron chi connectivity index (χ0n) is 11.5. The quantitative estimate of drug-likeness (QED) is 0.342. The van der Waals surface area contributed by atoms with Gasteiger partial charge in [-0.1, -0.05) is 65.8 Å². The van der Waals surface area contributed by atoms with Crippen molar-refractivity contribution in [1.82, 2.24) is 0 Å². The van der Waals surface area contributed by atoms with E-state index in [4.69, 9.17) is 5.53 Å². The number of ketones is 1. The number of hydrogen-bond donors (Lipinski definition) is 0. The molecule has 0 N–H and O–H groups in total. The number of nitrogens with zero attached hydrogens (tertiary/aromatic N) is 3. The van der Waals surface area contributed by atoms with Gasteiger partial charge in [-0.15, -0.1) is 0 Å². The highest BCUT2D eigenvalue weighted by molar-refractivity contribution is 5.99. The molecule has 104 valence electrons. The van der Waals surface area contributed by atoms with Crippen molar-refractivity contribution in [2.24, 2.45) is 17.0 Å². The summed E-state index contributed by atoms with van der Waals surface area (Å²) < 4.78 is 0. The lowest BCUT2D eigenvalue weighted by Gasteiger charge is -2.10. The predicted octanol–water partition coefficient (Wildman–Crippen LogP) is 4.56. The van der Waals surface area contributed by atoms with Crippen molar-refractivity contribution in [2.75, 3.05) is 0 Å². The molecule has 1 saturated carbocycles. The Morgan fingerprint density at radius 3 is 2.33 bits per heavy atom. The zero-order chi connectivity index (χ0) is 14.7. The lowest BCUT2D eigenvalue weighted by Crippen LogP contribution is -2.07. The van der Waals surface area contributed by atoms with Gasteiger partial charge in [-0.05, 0) is 23.4 Å². The van der Waals surface area contributed by atoms with E-state index in [1.165, 1.54) is 0 Å². The molecule has 21 heavy (non-hydrogen) atoms. The summed E-state index contributed by atoms with van der Waals surface area (Å²) in [5.74, 6) is 0.216. The summed E-state index contributed by atoms with van der Waals surface area (Å²) in [7, 11) is 0. The average Bonchev–Trinajstić information content (AvgIpc) is 3.34. The van der Waals surface area contributed by atoms with Crippen molar-refractivity contribution in [1.29, 1.82) is 0 Å². The van der Waals surface area contributed by atoms with Crippen molar-refractivity contribution in [2.45, 2.75) is 12.5 Å². The normalized spacial score (nSPS) is 21.1. The molecule has 1 fully saturated rings. The summed E-state index contributed by atoms with van der Waals surface area (Å²) in [6.45, 7) is 0. The van der Waals surface area contributed by atoms with Gasteiger partial charge in [0.15, 0.2) is 5.78 Å². The van der Waals surface area contributed by atoms with Gasteiger partial charge in [0.05, 0.1) is 6.04 Å². The zero-order valence-corrected chi connectivity index (χ0v) is 11.5. The third kappa shape index (κ3) is 2.81. The monoisotopic (exact) mass is 277 g/mol. The topological polar surface area (TPSA) is 65.8 Å². The Morgan fingerprint density at radius 1 is 1.10 bits per heavy atom. The van der Waals surface area contributed by atoms with Gasteiger partial charge in [0.1, 0.15) is 0 Å². The van der Waals surface area contributed by atoms with Crippen LogP contribution in [0.25, 0.3) is 10.4 Å². The van der Waals surface area contributed by atoms with Crippen LogP contribution in [0, 0.1) is 11.8 Å². The molecule has 0 spiro atoms. The highest BCUT2D eigenvalue weighted by Gasteiger charge is 2.47. The second-order valence-electron chi connectivity index (χ2n) is 5.30. The molecule has 4 heteroatoms. The number of benzene rings is 2. The molecule has 3 rings (SSSR count). The molecule has 0 aromatic heterocycles. The summed E-state index contributed by atoms with van der Waals surface area (Å²) in [6.07, 6.45) is 0.784. The third-order valence-electron chi connectivity index (χ3n) is 3.96. The van der Waals surface area contributed by atoms with Crippen LogP contribution < -0.4 is 0 Å². The van der Waals surface area contributed by atoms with E-state index < -0.39 is 0 Å². The number of carbonyl (C=O) groups excluding carboxylic acids is 1. The van der Waals surface area contributed by atoms with Gasteiger partial charge in [-0.2, -0.15) is 0 Å². The van der Waals surface area contributed by atoms with E-state index >= 15 is 0 Å². The second kappa shape index (κ2) is 5.81. The van der Waals surface area contributed by atoms with Crippen LogP contribution in [0.5, 0.6) is 0 Å². The van der Waals surface area contributed by atoms with Crippen LogP contribution in [0.1, 0.15) is 28.4 Å². The number of Topliss-reactive ketones (excluding diaryl/α,β-unsaturated/α-hetero) is 1. The van der Waals surface area contributed by atoms with Gasteiger partial charge in [0.25, 0.3) is 0 Å². The van der Waals surface area contributed by atoms with Gasteiger partial charge >= 0.3 is 0 Å². The fourth-order valence-electron chi connectivity index (χ4n) is 2.79. The Morgan fingerprint density at radius 2 is 1.71 bits per heavy atom. The first-order chi connectivity index (χ1) is 10.3. The van der Waals surface area contributed by atoms with Gasteiger partial charge in [0.2, 0.25) is 0 Å².